The number of hydrogen-bond donors (Lipinski definition) is 1. The Morgan fingerprint density at radius 2 is 1.76 bits per heavy atom. The molecule has 0 aliphatic heterocycles. The highest BCUT2D eigenvalue weighted by Crippen LogP contribution is 2.27. The van der Waals surface area contributed by atoms with Gasteiger partial charge in [0.05, 0.1) is 0 Å². The second kappa shape index (κ2) is 7.52. The second-order valence-electron chi connectivity index (χ2n) is 5.05. The predicted octanol–water partition coefficient (Wildman–Crippen LogP) is 5.55. The van der Waals surface area contributed by atoms with Gasteiger partial charge in [0.15, 0.2) is 0 Å². The summed E-state index contributed by atoms with van der Waals surface area (Å²) < 4.78 is 16.0. The van der Waals surface area contributed by atoms with Crippen molar-refractivity contribution in [3.63, 3.8) is 0 Å². The highest BCUT2D eigenvalue weighted by molar-refractivity contribution is 9.10. The molecular weight excluding hydrogens is 397 g/mol. The van der Waals surface area contributed by atoms with Crippen molar-refractivity contribution >= 4 is 31.9 Å². The van der Waals surface area contributed by atoms with Gasteiger partial charge in [-0.1, -0.05) is 44.8 Å². The molecule has 2 aromatic carbocycles. The third-order valence-electron chi connectivity index (χ3n) is 3.50. The van der Waals surface area contributed by atoms with Crippen molar-refractivity contribution in [2.45, 2.75) is 26.3 Å². The summed E-state index contributed by atoms with van der Waals surface area (Å²) in [4.78, 5) is 0. The maximum atomic E-state index is 14.0. The number of halogens is 3. The van der Waals surface area contributed by atoms with Crippen LogP contribution in [0.1, 0.15) is 29.7 Å². The van der Waals surface area contributed by atoms with E-state index in [4.69, 9.17) is 0 Å². The van der Waals surface area contributed by atoms with Gasteiger partial charge in [0.25, 0.3) is 0 Å². The van der Waals surface area contributed by atoms with Gasteiger partial charge < -0.3 is 5.32 Å². The Balaban J connectivity index is 2.35. The zero-order valence-corrected chi connectivity index (χ0v) is 15.3. The summed E-state index contributed by atoms with van der Waals surface area (Å²) in [6.45, 7) is 4.99. The molecule has 1 atom stereocenters. The Bertz CT molecular complexity index is 628. The average Bonchev–Trinajstić information content (AvgIpc) is 2.45. The minimum Gasteiger partial charge on any atom is -0.310 e. The molecule has 0 spiro atoms. The minimum absolute atomic E-state index is 0.0938. The molecule has 4 heteroatoms. The van der Waals surface area contributed by atoms with E-state index in [0.717, 1.165) is 21.1 Å². The number of aryl methyl sites for hydroxylation is 1. The van der Waals surface area contributed by atoms with Gasteiger partial charge in [-0.2, -0.15) is 0 Å². The third kappa shape index (κ3) is 4.38. The second-order valence-corrected chi connectivity index (χ2v) is 6.88. The highest BCUT2D eigenvalue weighted by atomic mass is 79.9. The summed E-state index contributed by atoms with van der Waals surface area (Å²) in [6, 6.07) is 11.4. The number of likely N-dealkylation sites (N-methyl/N-ethyl adjacent to an activating group) is 1. The summed E-state index contributed by atoms with van der Waals surface area (Å²) in [5.41, 5.74) is 3.12. The molecule has 1 unspecified atom stereocenters. The first-order valence-corrected chi connectivity index (χ1v) is 8.53. The summed E-state index contributed by atoms with van der Waals surface area (Å²) in [6.07, 6.45) is 0.621. The lowest BCUT2D eigenvalue weighted by Gasteiger charge is -2.21. The number of rotatable bonds is 5. The van der Waals surface area contributed by atoms with Crippen molar-refractivity contribution in [1.29, 1.82) is 0 Å². The summed E-state index contributed by atoms with van der Waals surface area (Å²) in [7, 11) is 0. The first kappa shape index (κ1) is 16.7. The lowest BCUT2D eigenvalue weighted by molar-refractivity contribution is 0.526. The van der Waals surface area contributed by atoms with Crippen LogP contribution in [0.25, 0.3) is 0 Å². The fourth-order valence-corrected chi connectivity index (χ4v) is 3.23. The molecule has 0 bridgehead atoms. The van der Waals surface area contributed by atoms with Gasteiger partial charge in [-0.3, -0.25) is 0 Å². The van der Waals surface area contributed by atoms with Crippen LogP contribution in [-0.2, 0) is 6.42 Å². The van der Waals surface area contributed by atoms with E-state index in [-0.39, 0.29) is 11.9 Å². The largest absolute Gasteiger partial charge is 0.310 e. The Morgan fingerprint density at radius 3 is 2.48 bits per heavy atom. The van der Waals surface area contributed by atoms with Gasteiger partial charge in [-0.15, -0.1) is 0 Å². The van der Waals surface area contributed by atoms with E-state index in [2.05, 4.69) is 63.2 Å². The minimum atomic E-state index is -0.159. The Hall–Kier alpha value is -0.710. The first-order valence-electron chi connectivity index (χ1n) is 6.94. The molecule has 0 heterocycles. The summed E-state index contributed by atoms with van der Waals surface area (Å²) in [5, 5.41) is 3.46. The SMILES string of the molecule is CCNC(Cc1cc(Br)ccc1F)c1cc(Br)ccc1C. The lowest BCUT2D eigenvalue weighted by Crippen LogP contribution is -2.24. The number of hydrogen-bond acceptors (Lipinski definition) is 1. The monoisotopic (exact) mass is 413 g/mol. The fourth-order valence-electron chi connectivity index (χ4n) is 2.44. The van der Waals surface area contributed by atoms with Crippen molar-refractivity contribution in [1.82, 2.24) is 5.32 Å². The molecule has 2 rings (SSSR count). The molecule has 0 aliphatic rings. The molecule has 1 N–H and O–H groups in total. The summed E-state index contributed by atoms with van der Waals surface area (Å²) >= 11 is 6.93. The molecular formula is C17H18Br2FN. The Morgan fingerprint density at radius 1 is 1.10 bits per heavy atom. The van der Waals surface area contributed by atoms with Crippen molar-refractivity contribution < 1.29 is 4.39 Å². The molecule has 112 valence electrons. The number of benzene rings is 2. The maximum absolute atomic E-state index is 14.0. The van der Waals surface area contributed by atoms with E-state index in [1.165, 1.54) is 17.2 Å². The Labute approximate surface area is 142 Å². The van der Waals surface area contributed by atoms with Crippen molar-refractivity contribution in [2.75, 3.05) is 6.54 Å². The van der Waals surface area contributed by atoms with Crippen molar-refractivity contribution in [2.24, 2.45) is 0 Å². The van der Waals surface area contributed by atoms with Crippen molar-refractivity contribution in [3.05, 3.63) is 67.9 Å². The van der Waals surface area contributed by atoms with E-state index in [1.807, 2.05) is 12.1 Å². The zero-order chi connectivity index (χ0) is 15.4. The smallest absolute Gasteiger partial charge is 0.126 e. The molecule has 1 nitrogen and oxygen atoms in total. The van der Waals surface area contributed by atoms with Crippen LogP contribution in [0.5, 0.6) is 0 Å². The fraction of sp³-hybridized carbons (Fsp3) is 0.294. The average molecular weight is 415 g/mol. The standard InChI is InChI=1S/C17H18Br2FN/c1-3-21-17(15-10-14(19)5-4-11(15)2)9-12-8-13(18)6-7-16(12)20/h4-8,10,17,21H,3,9H2,1-2H3. The molecule has 0 saturated carbocycles. The molecule has 21 heavy (non-hydrogen) atoms. The van der Waals surface area contributed by atoms with Gasteiger partial charge >= 0.3 is 0 Å². The van der Waals surface area contributed by atoms with E-state index < -0.39 is 0 Å². The molecule has 0 aromatic heterocycles. The van der Waals surface area contributed by atoms with Crippen LogP contribution in [0.4, 0.5) is 4.39 Å². The van der Waals surface area contributed by atoms with Crippen molar-refractivity contribution in [3.8, 4) is 0 Å². The predicted molar refractivity (Wildman–Crippen MR) is 93.1 cm³/mol. The van der Waals surface area contributed by atoms with Crippen LogP contribution in [0, 0.1) is 12.7 Å². The van der Waals surface area contributed by atoms with E-state index in [1.54, 1.807) is 6.07 Å². The highest BCUT2D eigenvalue weighted by Gasteiger charge is 2.16. The third-order valence-corrected chi connectivity index (χ3v) is 4.49. The van der Waals surface area contributed by atoms with Gasteiger partial charge in [-0.25, -0.2) is 4.39 Å². The van der Waals surface area contributed by atoms with Gasteiger partial charge in [0, 0.05) is 15.0 Å². The zero-order valence-electron chi connectivity index (χ0n) is 12.1. The van der Waals surface area contributed by atoms with Crippen LogP contribution in [0.2, 0.25) is 0 Å². The van der Waals surface area contributed by atoms with Crippen LogP contribution < -0.4 is 5.32 Å². The topological polar surface area (TPSA) is 12.0 Å². The van der Waals surface area contributed by atoms with Crippen LogP contribution in [0.15, 0.2) is 45.3 Å². The van der Waals surface area contributed by atoms with E-state index in [9.17, 15) is 4.39 Å². The van der Waals surface area contributed by atoms with E-state index >= 15 is 0 Å². The Kier molecular flexibility index (Phi) is 5.97. The van der Waals surface area contributed by atoms with Gasteiger partial charge in [-0.05, 0) is 66.9 Å². The van der Waals surface area contributed by atoms with Gasteiger partial charge in [0.2, 0.25) is 0 Å². The molecule has 2 aromatic rings. The van der Waals surface area contributed by atoms with E-state index in [0.29, 0.717) is 6.42 Å². The first-order chi connectivity index (χ1) is 10.0. The normalized spacial score (nSPS) is 12.4. The number of nitrogens with one attached hydrogen (secondary N) is 1. The lowest BCUT2D eigenvalue weighted by atomic mass is 9.95. The quantitative estimate of drug-likeness (QED) is 0.675. The maximum Gasteiger partial charge on any atom is 0.126 e. The van der Waals surface area contributed by atoms with Crippen LogP contribution in [-0.4, -0.2) is 6.54 Å². The molecule has 0 radical (unpaired) electrons. The molecule has 0 fully saturated rings. The molecule has 0 saturated heterocycles. The van der Waals surface area contributed by atoms with Crippen LogP contribution in [0.3, 0.4) is 0 Å². The summed E-state index contributed by atoms with van der Waals surface area (Å²) in [5.74, 6) is -0.159. The van der Waals surface area contributed by atoms with Gasteiger partial charge in [0.1, 0.15) is 5.82 Å². The molecule has 0 amide bonds. The molecule has 0 aliphatic carbocycles. The van der Waals surface area contributed by atoms with Crippen LogP contribution >= 0.6 is 31.9 Å².